The van der Waals surface area contributed by atoms with Crippen LogP contribution in [0.3, 0.4) is 0 Å². The number of hydrogen-bond donors (Lipinski definition) is 0. The Hall–Kier alpha value is -2.68. The molecule has 4 aromatic rings. The van der Waals surface area contributed by atoms with Crippen LogP contribution in [0.2, 0.25) is 0 Å². The molecule has 0 bridgehead atoms. The van der Waals surface area contributed by atoms with Crippen molar-refractivity contribution in [1.29, 1.82) is 0 Å². The average molecular weight is 796 g/mol. The minimum Gasteiger partial charge on any atom is -0.229 e. The fraction of sp³-hybridized carbons (Fsp3) is 0.0667. The van der Waals surface area contributed by atoms with Gasteiger partial charge in [0.05, 0.1) is 28.6 Å². The number of nitrogens with zero attached hydrogens (tertiary/aromatic N) is 2. The number of anilines is 2. The smallest absolute Gasteiger partial charge is 0.229 e. The zero-order valence-electron chi connectivity index (χ0n) is 21.6. The summed E-state index contributed by atoms with van der Waals surface area (Å²) in [5.74, 6) is 0. The van der Waals surface area contributed by atoms with Crippen LogP contribution in [0.15, 0.2) is 139 Å². The highest BCUT2D eigenvalue weighted by Gasteiger charge is 2.29. The van der Waals surface area contributed by atoms with Crippen LogP contribution in [0.4, 0.5) is 11.4 Å². The lowest BCUT2D eigenvalue weighted by Crippen LogP contribution is -2.29. The summed E-state index contributed by atoms with van der Waals surface area (Å²) in [6.07, 6.45) is 3.20. The maximum atomic E-state index is 13.8. The molecule has 0 saturated heterocycles. The summed E-state index contributed by atoms with van der Waals surface area (Å²) >= 11 is 3.93. The lowest BCUT2D eigenvalue weighted by molar-refractivity contribution is 0.594. The Bertz CT molecular complexity index is 1610. The van der Waals surface area contributed by atoms with Crippen LogP contribution in [0.1, 0.15) is 11.1 Å². The Morgan fingerprint density at radius 2 is 0.825 bits per heavy atom. The molecule has 10 heteroatoms. The summed E-state index contributed by atoms with van der Waals surface area (Å²) in [6.45, 7) is 3.79. The Balaban J connectivity index is 1.81. The van der Waals surface area contributed by atoms with E-state index in [1.807, 2.05) is 71.2 Å². The molecule has 4 aromatic carbocycles. The Morgan fingerprint density at radius 1 is 0.525 bits per heavy atom. The summed E-state index contributed by atoms with van der Waals surface area (Å²) in [6, 6.07) is 30.9. The van der Waals surface area contributed by atoms with E-state index in [-0.39, 0.29) is 9.79 Å². The van der Waals surface area contributed by atoms with Crippen molar-refractivity contribution in [1.82, 2.24) is 0 Å². The first-order valence-electron chi connectivity index (χ1n) is 12.1. The van der Waals surface area contributed by atoms with Gasteiger partial charge in [0.25, 0.3) is 20.0 Å². The van der Waals surface area contributed by atoms with Gasteiger partial charge in [0.2, 0.25) is 0 Å². The highest BCUT2D eigenvalue weighted by Crippen LogP contribution is 2.34. The van der Waals surface area contributed by atoms with E-state index in [1.54, 1.807) is 109 Å². The summed E-state index contributed by atoms with van der Waals surface area (Å²) < 4.78 is 58.5. The molecule has 0 unspecified atom stereocenters. The van der Waals surface area contributed by atoms with E-state index in [1.165, 1.54) is 8.61 Å². The van der Waals surface area contributed by atoms with Gasteiger partial charge in [-0.1, -0.05) is 71.8 Å². The summed E-state index contributed by atoms with van der Waals surface area (Å²) in [7, 11) is -7.94. The van der Waals surface area contributed by atoms with E-state index >= 15 is 0 Å². The van der Waals surface area contributed by atoms with Crippen molar-refractivity contribution in [2.75, 3.05) is 8.61 Å². The van der Waals surface area contributed by atoms with Gasteiger partial charge in [0.1, 0.15) is 0 Å². The minimum atomic E-state index is -3.97. The van der Waals surface area contributed by atoms with Gasteiger partial charge >= 0.3 is 0 Å². The van der Waals surface area contributed by atoms with E-state index in [9.17, 15) is 16.8 Å². The number of halogens is 2. The van der Waals surface area contributed by atoms with Gasteiger partial charge in [-0.25, -0.2) is 25.4 Å². The fourth-order valence-electron chi connectivity index (χ4n) is 3.78. The highest BCUT2D eigenvalue weighted by atomic mass is 127. The second-order valence-corrected chi connectivity index (χ2v) is 14.6. The molecule has 0 radical (unpaired) electrons. The Kier molecular flexibility index (Phi) is 9.75. The summed E-state index contributed by atoms with van der Waals surface area (Å²) in [5.41, 5.74) is 2.81. The molecule has 40 heavy (non-hydrogen) atoms. The highest BCUT2D eigenvalue weighted by molar-refractivity contribution is 14.1. The van der Waals surface area contributed by atoms with E-state index in [2.05, 4.69) is 0 Å². The van der Waals surface area contributed by atoms with Crippen LogP contribution < -0.4 is 8.61 Å². The average Bonchev–Trinajstić information content (AvgIpc) is 2.93. The molecule has 0 N–H and O–H groups in total. The number of sulfonamides is 2. The second-order valence-electron chi connectivity index (χ2n) is 8.81. The predicted octanol–water partition coefficient (Wildman–Crippen LogP) is 7.95. The second kappa shape index (κ2) is 12.9. The molecular formula is C30H26I2N2O4S2. The molecule has 0 heterocycles. The minimum absolute atomic E-state index is 0.149. The molecule has 0 aromatic heterocycles. The molecule has 0 spiro atoms. The van der Waals surface area contributed by atoms with Crippen LogP contribution in [0.5, 0.6) is 0 Å². The molecule has 206 valence electrons. The predicted molar refractivity (Wildman–Crippen MR) is 179 cm³/mol. The van der Waals surface area contributed by atoms with Crippen LogP contribution in [0.25, 0.3) is 0 Å². The first-order chi connectivity index (χ1) is 19.0. The normalized spacial score (nSPS) is 12.7. The van der Waals surface area contributed by atoms with Crippen molar-refractivity contribution in [3.05, 3.63) is 140 Å². The van der Waals surface area contributed by atoms with Gasteiger partial charge in [-0.2, -0.15) is 0 Å². The molecule has 0 fully saturated rings. The van der Waals surface area contributed by atoms with Crippen LogP contribution in [-0.2, 0) is 20.0 Å². The van der Waals surface area contributed by atoms with E-state index in [0.717, 1.165) is 11.1 Å². The van der Waals surface area contributed by atoms with E-state index in [0.29, 0.717) is 18.8 Å². The molecule has 0 atom stereocenters. The van der Waals surface area contributed by atoms with Crippen molar-refractivity contribution < 1.29 is 16.8 Å². The summed E-state index contributed by atoms with van der Waals surface area (Å²) in [4.78, 5) is 0.298. The van der Waals surface area contributed by atoms with Crippen molar-refractivity contribution in [2.24, 2.45) is 0 Å². The number of benzene rings is 4. The standard InChI is InChI=1S/C30H26I2N2O4S2/c1-23-13-17-27(18-14-23)39(35,36)33(25-9-5-3-6-10-25)29(31)21-22-30(32)34(26-11-7-4-8-12-26)40(37,38)28-19-15-24(2)16-20-28/h3-22H,1-2H3/b29-21-,30-22-. The first kappa shape index (κ1) is 30.3. The summed E-state index contributed by atoms with van der Waals surface area (Å²) in [5, 5.41) is 0. The number of allylic oxidation sites excluding steroid dienone is 2. The van der Waals surface area contributed by atoms with Crippen LogP contribution >= 0.6 is 45.2 Å². The molecule has 6 nitrogen and oxygen atoms in total. The maximum absolute atomic E-state index is 13.8. The zero-order chi connectivity index (χ0) is 28.9. The monoisotopic (exact) mass is 796 g/mol. The first-order valence-corrected chi connectivity index (χ1v) is 17.1. The van der Waals surface area contributed by atoms with Gasteiger partial charge < -0.3 is 0 Å². The van der Waals surface area contributed by atoms with Gasteiger partial charge in [0, 0.05) is 0 Å². The van der Waals surface area contributed by atoms with Crippen molar-refractivity contribution in [2.45, 2.75) is 23.6 Å². The molecule has 0 aliphatic carbocycles. The zero-order valence-corrected chi connectivity index (χ0v) is 27.6. The molecule has 0 aliphatic heterocycles. The topological polar surface area (TPSA) is 74.8 Å². The largest absolute Gasteiger partial charge is 0.269 e. The van der Waals surface area contributed by atoms with Gasteiger partial charge in [-0.05, 0) is 120 Å². The lowest BCUT2D eigenvalue weighted by atomic mass is 10.2. The lowest BCUT2D eigenvalue weighted by Gasteiger charge is -2.25. The van der Waals surface area contributed by atoms with Gasteiger partial charge in [-0.3, -0.25) is 0 Å². The van der Waals surface area contributed by atoms with Gasteiger partial charge in [-0.15, -0.1) is 0 Å². The molecule has 0 saturated carbocycles. The number of hydrogen-bond acceptors (Lipinski definition) is 4. The van der Waals surface area contributed by atoms with Crippen LogP contribution in [0, 0.1) is 13.8 Å². The van der Waals surface area contributed by atoms with Gasteiger partial charge in [0.15, 0.2) is 0 Å². The molecule has 4 rings (SSSR count). The van der Waals surface area contributed by atoms with E-state index in [4.69, 9.17) is 0 Å². The third kappa shape index (κ3) is 6.78. The maximum Gasteiger partial charge on any atom is 0.269 e. The third-order valence-corrected chi connectivity index (χ3v) is 11.7. The number of aryl methyl sites for hydroxylation is 2. The molecular weight excluding hydrogens is 770 g/mol. The third-order valence-electron chi connectivity index (χ3n) is 5.85. The van der Waals surface area contributed by atoms with Crippen LogP contribution in [-0.4, -0.2) is 16.8 Å². The van der Waals surface area contributed by atoms with Crippen molar-refractivity contribution in [3.8, 4) is 0 Å². The Morgan fingerprint density at radius 3 is 1.12 bits per heavy atom. The van der Waals surface area contributed by atoms with Crippen molar-refractivity contribution in [3.63, 3.8) is 0 Å². The molecule has 0 amide bonds. The number of rotatable bonds is 9. The Labute approximate surface area is 263 Å². The fourth-order valence-corrected chi connectivity index (χ4v) is 9.02. The molecule has 0 aliphatic rings. The number of para-hydroxylation sites is 2. The SMILES string of the molecule is Cc1ccc(S(=O)(=O)N(/C(I)=C\C=C(\I)N(c2ccccc2)S(=O)(=O)c2ccc(C)cc2)c2ccccc2)cc1. The quantitative estimate of drug-likeness (QED) is 0.0980. The van der Waals surface area contributed by atoms with E-state index < -0.39 is 20.0 Å². The van der Waals surface area contributed by atoms with Crippen molar-refractivity contribution >= 4 is 76.6 Å².